The van der Waals surface area contributed by atoms with Crippen molar-refractivity contribution in [1.82, 2.24) is 9.21 Å². The molecule has 0 aliphatic rings. The number of hydrogen-bond acceptors (Lipinski definition) is 4. The number of carbonyl (C=O) groups is 2. The van der Waals surface area contributed by atoms with Crippen molar-refractivity contribution in [3.8, 4) is 0 Å². The minimum atomic E-state index is -3.43. The van der Waals surface area contributed by atoms with E-state index in [2.05, 4.69) is 0 Å². The highest BCUT2D eigenvalue weighted by atomic mass is 32.2. The van der Waals surface area contributed by atoms with E-state index in [1.807, 2.05) is 6.92 Å². The third-order valence-corrected chi connectivity index (χ3v) is 4.18. The number of carbonyl (C=O) groups excluding carboxylic acids is 1. The molecule has 8 heteroatoms. The molecule has 0 saturated carbocycles. The van der Waals surface area contributed by atoms with Crippen LogP contribution in [0.3, 0.4) is 0 Å². The average Bonchev–Trinajstić information content (AvgIpc) is 2.27. The van der Waals surface area contributed by atoms with Crippen LogP contribution >= 0.6 is 0 Å². The number of aliphatic carboxylic acids is 1. The Hall–Kier alpha value is -1.15. The molecule has 0 aliphatic carbocycles. The first-order valence-electron chi connectivity index (χ1n) is 5.68. The summed E-state index contributed by atoms with van der Waals surface area (Å²) in [5, 5.41) is 8.67. The summed E-state index contributed by atoms with van der Waals surface area (Å²) in [6, 6.07) is 0. The largest absolute Gasteiger partial charge is 0.480 e. The number of rotatable bonds is 8. The molecule has 0 aromatic rings. The molecule has 0 aromatic carbocycles. The highest BCUT2D eigenvalue weighted by Crippen LogP contribution is 2.01. The van der Waals surface area contributed by atoms with Gasteiger partial charge in [0.15, 0.2) is 0 Å². The number of nitrogens with zero attached hydrogens (tertiary/aromatic N) is 2. The maximum atomic E-state index is 11.8. The second kappa shape index (κ2) is 7.32. The molecule has 106 valence electrons. The number of carboxylic acid groups (broad SMARTS) is 1. The predicted octanol–water partition coefficient (Wildman–Crippen LogP) is -0.409. The van der Waals surface area contributed by atoms with Gasteiger partial charge in [0.1, 0.15) is 6.54 Å². The molecular weight excluding hydrogens is 260 g/mol. The fourth-order valence-electron chi connectivity index (χ4n) is 1.33. The van der Waals surface area contributed by atoms with E-state index in [1.54, 1.807) is 0 Å². The third-order valence-electron chi connectivity index (χ3n) is 2.37. The van der Waals surface area contributed by atoms with Gasteiger partial charge in [-0.25, -0.2) is 8.42 Å². The van der Waals surface area contributed by atoms with Crippen molar-refractivity contribution in [3.05, 3.63) is 0 Å². The SMILES string of the molecule is CCCN(CC(=O)O)C(=O)CN(C)S(=O)(=O)CC. The van der Waals surface area contributed by atoms with Crippen LogP contribution in [0.5, 0.6) is 0 Å². The summed E-state index contributed by atoms with van der Waals surface area (Å²) in [6.45, 7) is 2.85. The van der Waals surface area contributed by atoms with E-state index < -0.39 is 28.4 Å². The summed E-state index contributed by atoms with van der Waals surface area (Å²) in [6.07, 6.45) is 0.614. The standard InChI is InChI=1S/C10H20N2O5S/c1-4-6-12(8-10(14)15)9(13)7-11(3)18(16,17)5-2/h4-8H2,1-3H3,(H,14,15). The van der Waals surface area contributed by atoms with E-state index >= 15 is 0 Å². The van der Waals surface area contributed by atoms with Crippen LogP contribution in [0, 0.1) is 0 Å². The second-order valence-corrected chi connectivity index (χ2v) is 6.23. The van der Waals surface area contributed by atoms with Crippen molar-refractivity contribution in [2.75, 3.05) is 32.4 Å². The van der Waals surface area contributed by atoms with Gasteiger partial charge in [0.2, 0.25) is 15.9 Å². The van der Waals surface area contributed by atoms with E-state index in [-0.39, 0.29) is 12.3 Å². The van der Waals surface area contributed by atoms with Gasteiger partial charge in [0, 0.05) is 13.6 Å². The van der Waals surface area contributed by atoms with Crippen molar-refractivity contribution < 1.29 is 23.1 Å². The molecule has 0 saturated heterocycles. The van der Waals surface area contributed by atoms with Crippen LogP contribution in [0.1, 0.15) is 20.3 Å². The number of sulfonamides is 1. The third kappa shape index (κ3) is 5.46. The van der Waals surface area contributed by atoms with Crippen LogP contribution in [0.2, 0.25) is 0 Å². The zero-order valence-electron chi connectivity index (χ0n) is 10.9. The van der Waals surface area contributed by atoms with Gasteiger partial charge in [-0.3, -0.25) is 9.59 Å². The minimum Gasteiger partial charge on any atom is -0.480 e. The van der Waals surface area contributed by atoms with E-state index in [0.717, 1.165) is 9.21 Å². The van der Waals surface area contributed by atoms with Gasteiger partial charge in [0.05, 0.1) is 12.3 Å². The molecular formula is C10H20N2O5S. The first kappa shape index (κ1) is 16.9. The van der Waals surface area contributed by atoms with E-state index in [4.69, 9.17) is 5.11 Å². The first-order chi connectivity index (χ1) is 8.24. The van der Waals surface area contributed by atoms with Gasteiger partial charge in [-0.05, 0) is 13.3 Å². The average molecular weight is 280 g/mol. The summed E-state index contributed by atoms with van der Waals surface area (Å²) >= 11 is 0. The molecule has 0 unspecified atom stereocenters. The van der Waals surface area contributed by atoms with Gasteiger partial charge in [-0.2, -0.15) is 4.31 Å². The van der Waals surface area contributed by atoms with Gasteiger partial charge in [-0.15, -0.1) is 0 Å². The van der Waals surface area contributed by atoms with Crippen LogP contribution in [-0.2, 0) is 19.6 Å². The Morgan fingerprint density at radius 3 is 2.11 bits per heavy atom. The van der Waals surface area contributed by atoms with Crippen molar-refractivity contribution in [3.63, 3.8) is 0 Å². The summed E-state index contributed by atoms with van der Waals surface area (Å²) in [4.78, 5) is 23.5. The molecule has 0 spiro atoms. The lowest BCUT2D eigenvalue weighted by molar-refractivity contribution is -0.144. The second-order valence-electron chi connectivity index (χ2n) is 3.87. The molecule has 0 atom stereocenters. The molecule has 0 rings (SSSR count). The predicted molar refractivity (Wildman–Crippen MR) is 66.6 cm³/mol. The van der Waals surface area contributed by atoms with Crippen LogP contribution in [0.25, 0.3) is 0 Å². The Balaban J connectivity index is 4.65. The van der Waals surface area contributed by atoms with Gasteiger partial charge < -0.3 is 10.0 Å². The lowest BCUT2D eigenvalue weighted by Gasteiger charge is -2.23. The first-order valence-corrected chi connectivity index (χ1v) is 7.29. The fourth-order valence-corrected chi connectivity index (χ4v) is 2.08. The van der Waals surface area contributed by atoms with Crippen molar-refractivity contribution in [2.24, 2.45) is 0 Å². The quantitative estimate of drug-likeness (QED) is 0.652. The maximum absolute atomic E-state index is 11.8. The monoisotopic (exact) mass is 280 g/mol. The minimum absolute atomic E-state index is 0.0938. The highest BCUT2D eigenvalue weighted by Gasteiger charge is 2.22. The van der Waals surface area contributed by atoms with E-state index in [9.17, 15) is 18.0 Å². The molecule has 1 N–H and O–H groups in total. The number of carboxylic acids is 1. The zero-order chi connectivity index (χ0) is 14.3. The number of amides is 1. The Morgan fingerprint density at radius 2 is 1.72 bits per heavy atom. The molecule has 0 fully saturated rings. The topological polar surface area (TPSA) is 95.0 Å². The molecule has 18 heavy (non-hydrogen) atoms. The summed E-state index contributed by atoms with van der Waals surface area (Å²) in [7, 11) is -2.12. The fraction of sp³-hybridized carbons (Fsp3) is 0.800. The zero-order valence-corrected chi connectivity index (χ0v) is 11.7. The van der Waals surface area contributed by atoms with Crippen molar-refractivity contribution in [2.45, 2.75) is 20.3 Å². The Morgan fingerprint density at radius 1 is 1.17 bits per heavy atom. The molecule has 0 aromatic heterocycles. The van der Waals surface area contributed by atoms with Crippen LogP contribution in [0.4, 0.5) is 0 Å². The smallest absolute Gasteiger partial charge is 0.323 e. The molecule has 0 bridgehead atoms. The van der Waals surface area contributed by atoms with E-state index in [1.165, 1.54) is 14.0 Å². The Kier molecular flexibility index (Phi) is 6.85. The molecule has 0 aliphatic heterocycles. The number of likely N-dealkylation sites (N-methyl/N-ethyl adjacent to an activating group) is 1. The van der Waals surface area contributed by atoms with Gasteiger partial charge >= 0.3 is 5.97 Å². The van der Waals surface area contributed by atoms with E-state index in [0.29, 0.717) is 13.0 Å². The summed E-state index contributed by atoms with van der Waals surface area (Å²) < 4.78 is 23.9. The maximum Gasteiger partial charge on any atom is 0.323 e. The summed E-state index contributed by atoms with van der Waals surface area (Å²) in [5.41, 5.74) is 0. The van der Waals surface area contributed by atoms with Crippen LogP contribution < -0.4 is 0 Å². The molecule has 1 amide bonds. The molecule has 0 radical (unpaired) electrons. The lowest BCUT2D eigenvalue weighted by Crippen LogP contribution is -2.43. The normalized spacial score (nSPS) is 11.6. The number of hydrogen-bond donors (Lipinski definition) is 1. The van der Waals surface area contributed by atoms with Crippen LogP contribution in [-0.4, -0.2) is 67.0 Å². The molecule has 0 heterocycles. The van der Waals surface area contributed by atoms with Gasteiger partial charge in [0.25, 0.3) is 0 Å². The highest BCUT2D eigenvalue weighted by molar-refractivity contribution is 7.89. The van der Waals surface area contributed by atoms with Crippen molar-refractivity contribution >= 4 is 21.9 Å². The molecule has 7 nitrogen and oxygen atoms in total. The Bertz CT molecular complexity index is 393. The lowest BCUT2D eigenvalue weighted by atomic mass is 10.3. The van der Waals surface area contributed by atoms with Gasteiger partial charge in [-0.1, -0.05) is 6.92 Å². The van der Waals surface area contributed by atoms with Crippen LogP contribution in [0.15, 0.2) is 0 Å². The van der Waals surface area contributed by atoms with Crippen molar-refractivity contribution in [1.29, 1.82) is 0 Å². The Labute approximate surface area is 107 Å². The summed E-state index contributed by atoms with van der Waals surface area (Å²) in [5.74, 6) is -1.71.